The van der Waals surface area contributed by atoms with Crippen molar-refractivity contribution in [3.05, 3.63) is 35.4 Å². The minimum Gasteiger partial charge on any atom is -0.341 e. The number of hydrogen-bond acceptors (Lipinski definition) is 2. The Morgan fingerprint density at radius 3 is 2.50 bits per heavy atom. The van der Waals surface area contributed by atoms with Crippen LogP contribution in [0.15, 0.2) is 24.3 Å². The molecule has 0 spiro atoms. The molecule has 2 N–H and O–H groups in total. The van der Waals surface area contributed by atoms with Gasteiger partial charge in [0, 0.05) is 26.6 Å². The zero-order valence-electron chi connectivity index (χ0n) is 12.5. The van der Waals surface area contributed by atoms with Crippen molar-refractivity contribution in [2.75, 3.05) is 7.05 Å². The standard InChI is InChI=1S/C17H26N2O/c1-19(13-16-10-6-5-9-15(16)12-18)17(20)11-14-7-3-2-4-8-14/h5-6,9-10,14H,2-4,7-8,11-13,18H2,1H3. The van der Waals surface area contributed by atoms with E-state index in [0.717, 1.165) is 11.1 Å². The summed E-state index contributed by atoms with van der Waals surface area (Å²) in [5, 5.41) is 0. The molecule has 1 aliphatic carbocycles. The Hall–Kier alpha value is -1.35. The van der Waals surface area contributed by atoms with Gasteiger partial charge in [-0.05, 0) is 29.9 Å². The number of nitrogens with zero attached hydrogens (tertiary/aromatic N) is 1. The molecule has 0 bridgehead atoms. The molecule has 110 valence electrons. The number of amides is 1. The summed E-state index contributed by atoms with van der Waals surface area (Å²) in [5.74, 6) is 0.868. The van der Waals surface area contributed by atoms with Crippen LogP contribution in [0.5, 0.6) is 0 Å². The molecule has 0 radical (unpaired) electrons. The molecule has 1 aromatic carbocycles. The van der Waals surface area contributed by atoms with Crippen LogP contribution in [-0.4, -0.2) is 17.9 Å². The van der Waals surface area contributed by atoms with Crippen molar-refractivity contribution < 1.29 is 4.79 Å². The van der Waals surface area contributed by atoms with Gasteiger partial charge in [-0.15, -0.1) is 0 Å². The van der Waals surface area contributed by atoms with Gasteiger partial charge in [-0.2, -0.15) is 0 Å². The van der Waals surface area contributed by atoms with Gasteiger partial charge in [-0.1, -0.05) is 43.5 Å². The van der Waals surface area contributed by atoms with Gasteiger partial charge in [0.25, 0.3) is 0 Å². The van der Waals surface area contributed by atoms with Crippen molar-refractivity contribution in [2.45, 2.75) is 51.6 Å². The summed E-state index contributed by atoms with van der Waals surface area (Å²) in [6.45, 7) is 1.19. The molecule has 20 heavy (non-hydrogen) atoms. The summed E-state index contributed by atoms with van der Waals surface area (Å²) < 4.78 is 0. The Morgan fingerprint density at radius 2 is 1.85 bits per heavy atom. The Kier molecular flexibility index (Phi) is 5.60. The molecule has 1 fully saturated rings. The summed E-state index contributed by atoms with van der Waals surface area (Å²) in [6, 6.07) is 8.10. The number of carbonyl (C=O) groups is 1. The van der Waals surface area contributed by atoms with Crippen molar-refractivity contribution in [2.24, 2.45) is 11.7 Å². The summed E-state index contributed by atoms with van der Waals surface area (Å²) in [6.07, 6.45) is 7.07. The molecule has 0 aromatic heterocycles. The lowest BCUT2D eigenvalue weighted by atomic mass is 9.86. The average Bonchev–Trinajstić information content (AvgIpc) is 2.48. The monoisotopic (exact) mass is 274 g/mol. The predicted octanol–water partition coefficient (Wildman–Crippen LogP) is 3.07. The zero-order chi connectivity index (χ0) is 14.4. The number of hydrogen-bond donors (Lipinski definition) is 1. The topological polar surface area (TPSA) is 46.3 Å². The molecule has 1 aliphatic rings. The van der Waals surface area contributed by atoms with E-state index in [1.807, 2.05) is 30.1 Å². The normalized spacial score (nSPS) is 16.1. The molecule has 0 aliphatic heterocycles. The summed E-state index contributed by atoms with van der Waals surface area (Å²) in [4.78, 5) is 14.2. The lowest BCUT2D eigenvalue weighted by Crippen LogP contribution is -2.29. The van der Waals surface area contributed by atoms with Crippen LogP contribution in [0, 0.1) is 5.92 Å². The molecule has 1 amide bonds. The second-order valence-corrected chi connectivity index (χ2v) is 5.93. The first-order valence-corrected chi connectivity index (χ1v) is 7.71. The van der Waals surface area contributed by atoms with Crippen LogP contribution in [0.2, 0.25) is 0 Å². The van der Waals surface area contributed by atoms with Gasteiger partial charge in [0.15, 0.2) is 0 Å². The van der Waals surface area contributed by atoms with E-state index in [9.17, 15) is 4.79 Å². The molecule has 0 unspecified atom stereocenters. The lowest BCUT2D eigenvalue weighted by Gasteiger charge is -2.25. The molecule has 1 saturated carbocycles. The highest BCUT2D eigenvalue weighted by atomic mass is 16.2. The van der Waals surface area contributed by atoms with E-state index in [4.69, 9.17) is 5.73 Å². The molecule has 0 heterocycles. The number of benzene rings is 1. The fraction of sp³-hybridized carbons (Fsp3) is 0.588. The Morgan fingerprint density at radius 1 is 1.20 bits per heavy atom. The van der Waals surface area contributed by atoms with E-state index in [1.54, 1.807) is 0 Å². The summed E-state index contributed by atoms with van der Waals surface area (Å²) >= 11 is 0. The largest absolute Gasteiger partial charge is 0.341 e. The Labute approximate surface area is 122 Å². The van der Waals surface area contributed by atoms with Crippen molar-refractivity contribution in [1.29, 1.82) is 0 Å². The van der Waals surface area contributed by atoms with Crippen LogP contribution in [0.3, 0.4) is 0 Å². The van der Waals surface area contributed by atoms with Gasteiger partial charge < -0.3 is 10.6 Å². The first-order valence-electron chi connectivity index (χ1n) is 7.71. The highest BCUT2D eigenvalue weighted by molar-refractivity contribution is 5.76. The fourth-order valence-electron chi connectivity index (χ4n) is 3.05. The van der Waals surface area contributed by atoms with E-state index >= 15 is 0 Å². The maximum Gasteiger partial charge on any atom is 0.222 e. The van der Waals surface area contributed by atoms with Crippen LogP contribution >= 0.6 is 0 Å². The first kappa shape index (κ1) is 15.0. The van der Waals surface area contributed by atoms with Gasteiger partial charge in [0.2, 0.25) is 5.91 Å². The average molecular weight is 274 g/mol. The summed E-state index contributed by atoms with van der Waals surface area (Å²) in [5.41, 5.74) is 8.04. The fourth-order valence-corrected chi connectivity index (χ4v) is 3.05. The van der Waals surface area contributed by atoms with E-state index in [2.05, 4.69) is 6.07 Å². The van der Waals surface area contributed by atoms with Crippen molar-refractivity contribution in [3.8, 4) is 0 Å². The molecule has 0 atom stereocenters. The molecule has 1 aromatic rings. The van der Waals surface area contributed by atoms with Crippen LogP contribution in [-0.2, 0) is 17.9 Å². The van der Waals surface area contributed by atoms with Crippen LogP contribution in [0.1, 0.15) is 49.7 Å². The van der Waals surface area contributed by atoms with Crippen molar-refractivity contribution in [3.63, 3.8) is 0 Å². The van der Waals surface area contributed by atoms with E-state index in [-0.39, 0.29) is 5.91 Å². The molecular weight excluding hydrogens is 248 g/mol. The predicted molar refractivity (Wildman–Crippen MR) is 82.0 cm³/mol. The van der Waals surface area contributed by atoms with E-state index in [1.165, 1.54) is 32.1 Å². The van der Waals surface area contributed by atoms with Crippen molar-refractivity contribution >= 4 is 5.91 Å². The van der Waals surface area contributed by atoms with E-state index < -0.39 is 0 Å². The molecule has 3 heteroatoms. The van der Waals surface area contributed by atoms with Crippen LogP contribution in [0.4, 0.5) is 0 Å². The van der Waals surface area contributed by atoms with E-state index in [0.29, 0.717) is 25.4 Å². The maximum atomic E-state index is 12.3. The quantitative estimate of drug-likeness (QED) is 0.897. The van der Waals surface area contributed by atoms with Gasteiger partial charge >= 0.3 is 0 Å². The Bertz CT molecular complexity index is 438. The molecule has 2 rings (SSSR count). The third-order valence-electron chi connectivity index (χ3n) is 4.36. The van der Waals surface area contributed by atoms with Gasteiger partial charge in [-0.25, -0.2) is 0 Å². The molecular formula is C17H26N2O. The SMILES string of the molecule is CN(Cc1ccccc1CN)C(=O)CC1CCCCC1. The number of nitrogens with two attached hydrogens (primary N) is 1. The molecule has 0 saturated heterocycles. The highest BCUT2D eigenvalue weighted by Crippen LogP contribution is 2.27. The van der Waals surface area contributed by atoms with Gasteiger partial charge in [0.05, 0.1) is 0 Å². The second-order valence-electron chi connectivity index (χ2n) is 5.93. The minimum absolute atomic E-state index is 0.267. The zero-order valence-corrected chi connectivity index (χ0v) is 12.5. The molecule has 3 nitrogen and oxygen atoms in total. The highest BCUT2D eigenvalue weighted by Gasteiger charge is 2.19. The number of rotatable bonds is 5. The van der Waals surface area contributed by atoms with Gasteiger partial charge in [-0.3, -0.25) is 4.79 Å². The summed E-state index contributed by atoms with van der Waals surface area (Å²) in [7, 11) is 1.90. The third kappa shape index (κ3) is 4.07. The van der Waals surface area contributed by atoms with Crippen LogP contribution in [0.25, 0.3) is 0 Å². The third-order valence-corrected chi connectivity index (χ3v) is 4.36. The minimum atomic E-state index is 0.267. The van der Waals surface area contributed by atoms with Crippen molar-refractivity contribution in [1.82, 2.24) is 4.90 Å². The second kappa shape index (κ2) is 7.44. The smallest absolute Gasteiger partial charge is 0.222 e. The lowest BCUT2D eigenvalue weighted by molar-refractivity contribution is -0.131. The Balaban J connectivity index is 1.89. The maximum absolute atomic E-state index is 12.3. The first-order chi connectivity index (χ1) is 9.70. The van der Waals surface area contributed by atoms with Gasteiger partial charge in [0.1, 0.15) is 0 Å². The number of carbonyl (C=O) groups excluding carboxylic acids is 1. The van der Waals surface area contributed by atoms with Crippen LogP contribution < -0.4 is 5.73 Å².